The lowest BCUT2D eigenvalue weighted by Gasteiger charge is -2.33. The summed E-state index contributed by atoms with van der Waals surface area (Å²) in [5, 5.41) is 10.0. The van der Waals surface area contributed by atoms with Crippen molar-refractivity contribution >= 4 is 10.9 Å². The average molecular weight is 492 g/mol. The number of hydrogen-bond donors (Lipinski definition) is 1. The monoisotopic (exact) mass is 492 g/mol. The fourth-order valence-corrected chi connectivity index (χ4v) is 4.00. The zero-order valence-electron chi connectivity index (χ0n) is 18.2. The van der Waals surface area contributed by atoms with Gasteiger partial charge in [0.15, 0.2) is 0 Å². The minimum Gasteiger partial charge on any atom is -0.369 e. The van der Waals surface area contributed by atoms with Gasteiger partial charge < -0.3 is 5.11 Å². The summed E-state index contributed by atoms with van der Waals surface area (Å²) < 4.78 is 81.6. The van der Waals surface area contributed by atoms with Gasteiger partial charge in [-0.05, 0) is 42.3 Å². The maximum absolute atomic E-state index is 13.4. The molecule has 3 aromatic carbocycles. The van der Waals surface area contributed by atoms with Gasteiger partial charge in [-0.3, -0.25) is 9.36 Å². The van der Waals surface area contributed by atoms with Crippen molar-refractivity contribution in [2.45, 2.75) is 31.3 Å². The second-order valence-corrected chi connectivity index (χ2v) is 8.05. The molecule has 0 atom stereocenters. The predicted molar refractivity (Wildman–Crippen MR) is 117 cm³/mol. The highest BCUT2D eigenvalue weighted by Gasteiger charge is 2.71. The molecule has 0 aliphatic carbocycles. The summed E-state index contributed by atoms with van der Waals surface area (Å²) in [5.41, 5.74) is -6.25. The Balaban J connectivity index is 1.94. The number of aromatic nitrogens is 2. The van der Waals surface area contributed by atoms with E-state index in [1.165, 1.54) is 6.07 Å². The van der Waals surface area contributed by atoms with Crippen molar-refractivity contribution < 1.29 is 31.4 Å². The van der Waals surface area contributed by atoms with Crippen LogP contribution in [0.3, 0.4) is 0 Å². The minimum absolute atomic E-state index is 0.0205. The molecule has 0 aliphatic rings. The summed E-state index contributed by atoms with van der Waals surface area (Å²) in [5.74, 6) is 0.244. The molecule has 0 fully saturated rings. The van der Waals surface area contributed by atoms with E-state index in [2.05, 4.69) is 4.98 Å². The number of benzene rings is 3. The van der Waals surface area contributed by atoms with E-state index in [1.807, 2.05) is 0 Å². The first-order valence-corrected chi connectivity index (χ1v) is 10.4. The van der Waals surface area contributed by atoms with Crippen molar-refractivity contribution in [3.8, 4) is 5.69 Å². The molecule has 0 radical (unpaired) electrons. The molecular weight excluding hydrogens is 474 g/mol. The lowest BCUT2D eigenvalue weighted by Crippen LogP contribution is -2.54. The molecule has 0 amide bonds. The molecule has 0 aliphatic heterocycles. The smallest absolute Gasteiger partial charge is 0.369 e. The third kappa shape index (κ3) is 4.18. The SMILES string of the molecule is Cc1cc(-n2c(Cc3ccccc3)nc3ccccc3c2=O)ccc1C(O)(C(F)(F)F)C(F)(F)F. The highest BCUT2D eigenvalue weighted by molar-refractivity contribution is 5.78. The Morgan fingerprint density at radius 2 is 1.46 bits per heavy atom. The maximum atomic E-state index is 13.4. The molecule has 10 heteroatoms. The Labute approximate surface area is 195 Å². The number of halogens is 6. The molecule has 4 nitrogen and oxygen atoms in total. The van der Waals surface area contributed by atoms with Crippen molar-refractivity contribution in [1.82, 2.24) is 9.55 Å². The summed E-state index contributed by atoms with van der Waals surface area (Å²) in [7, 11) is 0. The first-order valence-electron chi connectivity index (χ1n) is 10.4. The van der Waals surface area contributed by atoms with Gasteiger partial charge in [-0.25, -0.2) is 4.98 Å². The van der Waals surface area contributed by atoms with E-state index in [4.69, 9.17) is 0 Å². The quantitative estimate of drug-likeness (QED) is 0.378. The molecule has 0 saturated heterocycles. The van der Waals surface area contributed by atoms with E-state index in [1.54, 1.807) is 48.5 Å². The number of para-hydroxylation sites is 1. The molecule has 182 valence electrons. The van der Waals surface area contributed by atoms with Crippen LogP contribution >= 0.6 is 0 Å². The first-order chi connectivity index (χ1) is 16.3. The first kappa shape index (κ1) is 24.5. The van der Waals surface area contributed by atoms with Crippen LogP contribution in [0.25, 0.3) is 16.6 Å². The maximum Gasteiger partial charge on any atom is 0.430 e. The Bertz CT molecular complexity index is 1430. The fraction of sp³-hybridized carbons (Fsp3) is 0.200. The van der Waals surface area contributed by atoms with Crippen molar-refractivity contribution in [2.75, 3.05) is 0 Å². The third-order valence-electron chi connectivity index (χ3n) is 5.73. The van der Waals surface area contributed by atoms with Gasteiger partial charge in [-0.2, -0.15) is 26.3 Å². The molecular formula is C25H18F6N2O2. The van der Waals surface area contributed by atoms with Crippen LogP contribution in [0.4, 0.5) is 26.3 Å². The molecule has 0 spiro atoms. The number of rotatable bonds is 4. The number of hydrogen-bond acceptors (Lipinski definition) is 3. The van der Waals surface area contributed by atoms with Crippen LogP contribution in [-0.4, -0.2) is 27.0 Å². The Morgan fingerprint density at radius 1 is 0.857 bits per heavy atom. The number of aryl methyl sites for hydroxylation is 1. The Hall–Kier alpha value is -3.66. The van der Waals surface area contributed by atoms with E-state index < -0.39 is 34.6 Å². The topological polar surface area (TPSA) is 55.1 Å². The zero-order chi connectivity index (χ0) is 25.6. The molecule has 0 bridgehead atoms. The van der Waals surface area contributed by atoms with Crippen molar-refractivity contribution in [2.24, 2.45) is 0 Å². The highest BCUT2D eigenvalue weighted by atomic mass is 19.4. The van der Waals surface area contributed by atoms with Crippen LogP contribution in [0.2, 0.25) is 0 Å². The van der Waals surface area contributed by atoms with Gasteiger partial charge in [-0.15, -0.1) is 0 Å². The summed E-state index contributed by atoms with van der Waals surface area (Å²) in [6, 6.07) is 17.9. The molecule has 35 heavy (non-hydrogen) atoms. The normalized spacial score (nSPS) is 12.8. The number of nitrogens with zero attached hydrogens (tertiary/aromatic N) is 2. The second-order valence-electron chi connectivity index (χ2n) is 8.05. The van der Waals surface area contributed by atoms with Gasteiger partial charge >= 0.3 is 12.4 Å². The van der Waals surface area contributed by atoms with E-state index in [0.717, 1.165) is 29.2 Å². The zero-order valence-corrected chi connectivity index (χ0v) is 18.2. The van der Waals surface area contributed by atoms with E-state index in [0.29, 0.717) is 11.6 Å². The number of fused-ring (bicyclic) bond motifs is 1. The van der Waals surface area contributed by atoms with Crippen LogP contribution in [0.1, 0.15) is 22.5 Å². The molecule has 1 heterocycles. The highest BCUT2D eigenvalue weighted by Crippen LogP contribution is 2.51. The van der Waals surface area contributed by atoms with Crippen molar-refractivity contribution in [3.63, 3.8) is 0 Å². The van der Waals surface area contributed by atoms with Crippen molar-refractivity contribution in [3.05, 3.63) is 106 Å². The molecule has 4 aromatic rings. The number of alkyl halides is 6. The lowest BCUT2D eigenvalue weighted by atomic mass is 9.88. The fourth-order valence-electron chi connectivity index (χ4n) is 4.00. The van der Waals surface area contributed by atoms with Crippen LogP contribution in [0.15, 0.2) is 77.6 Å². The van der Waals surface area contributed by atoms with Crippen LogP contribution in [0, 0.1) is 6.92 Å². The van der Waals surface area contributed by atoms with Crippen LogP contribution in [0.5, 0.6) is 0 Å². The summed E-state index contributed by atoms with van der Waals surface area (Å²) >= 11 is 0. The van der Waals surface area contributed by atoms with Crippen LogP contribution in [-0.2, 0) is 12.0 Å². The number of aliphatic hydroxyl groups is 1. The lowest BCUT2D eigenvalue weighted by molar-refractivity contribution is -0.376. The summed E-state index contributed by atoms with van der Waals surface area (Å²) in [4.78, 5) is 17.9. The van der Waals surface area contributed by atoms with Gasteiger partial charge in [0.05, 0.1) is 16.6 Å². The van der Waals surface area contributed by atoms with E-state index in [-0.39, 0.29) is 23.3 Å². The molecule has 0 saturated carbocycles. The largest absolute Gasteiger partial charge is 0.430 e. The minimum atomic E-state index is -6.02. The molecule has 4 rings (SSSR count). The Kier molecular flexibility index (Phi) is 5.96. The Morgan fingerprint density at radius 3 is 2.06 bits per heavy atom. The second kappa shape index (κ2) is 8.53. The van der Waals surface area contributed by atoms with Crippen LogP contribution < -0.4 is 5.56 Å². The standard InChI is InChI=1S/C25H18F6N2O2/c1-15-13-17(11-12-19(15)23(35,24(26,27)28)25(29,30)31)33-21(14-16-7-3-2-4-8-16)32-20-10-6-5-9-18(20)22(33)34/h2-13,35H,14H2,1H3. The summed E-state index contributed by atoms with van der Waals surface area (Å²) in [6.45, 7) is 1.01. The average Bonchev–Trinajstić information content (AvgIpc) is 2.78. The van der Waals surface area contributed by atoms with Gasteiger partial charge in [0.1, 0.15) is 5.82 Å². The van der Waals surface area contributed by atoms with Crippen molar-refractivity contribution in [1.29, 1.82) is 0 Å². The summed E-state index contributed by atoms with van der Waals surface area (Å²) in [6.07, 6.45) is -11.9. The van der Waals surface area contributed by atoms with E-state index >= 15 is 0 Å². The third-order valence-corrected chi connectivity index (χ3v) is 5.73. The predicted octanol–water partition coefficient (Wildman–Crippen LogP) is 5.60. The van der Waals surface area contributed by atoms with Gasteiger partial charge in [0, 0.05) is 12.0 Å². The van der Waals surface area contributed by atoms with Gasteiger partial charge in [0.2, 0.25) is 0 Å². The molecule has 1 N–H and O–H groups in total. The van der Waals surface area contributed by atoms with E-state index in [9.17, 15) is 36.2 Å². The van der Waals surface area contributed by atoms with Gasteiger partial charge in [-0.1, -0.05) is 48.5 Å². The molecule has 1 aromatic heterocycles. The molecule has 0 unspecified atom stereocenters. The van der Waals surface area contributed by atoms with Gasteiger partial charge in [0.25, 0.3) is 11.2 Å².